The molecule has 4 heterocycles. The summed E-state index contributed by atoms with van der Waals surface area (Å²) in [6.07, 6.45) is 8.21. The molecule has 2 aliphatic heterocycles. The molecular formula is C18H24N6O2. The number of aryl methyl sites for hydroxylation is 2. The Kier molecular flexibility index (Phi) is 4.05. The van der Waals surface area contributed by atoms with Crippen molar-refractivity contribution in [3.63, 3.8) is 0 Å². The number of hydrogen-bond acceptors (Lipinski definition) is 4. The van der Waals surface area contributed by atoms with Gasteiger partial charge in [-0.15, -0.1) is 0 Å². The summed E-state index contributed by atoms with van der Waals surface area (Å²) in [5.74, 6) is 0.177. The lowest BCUT2D eigenvalue weighted by Gasteiger charge is -2.39. The van der Waals surface area contributed by atoms with E-state index in [0.717, 1.165) is 30.6 Å². The lowest BCUT2D eigenvalue weighted by atomic mass is 9.78. The van der Waals surface area contributed by atoms with Crippen LogP contribution in [0.1, 0.15) is 25.0 Å². The van der Waals surface area contributed by atoms with E-state index >= 15 is 0 Å². The molecule has 0 bridgehead atoms. The molecule has 2 aliphatic rings. The number of carbonyl (C=O) groups is 2. The molecule has 138 valence electrons. The predicted octanol–water partition coefficient (Wildman–Crippen LogP) is 0.742. The summed E-state index contributed by atoms with van der Waals surface area (Å²) in [4.78, 5) is 29.5. The number of piperidine rings is 1. The molecular weight excluding hydrogens is 332 g/mol. The Labute approximate surface area is 152 Å². The zero-order chi connectivity index (χ0) is 18.3. The number of likely N-dealkylation sites (tertiary alicyclic amines) is 1. The molecule has 2 saturated heterocycles. The third kappa shape index (κ3) is 2.89. The summed E-state index contributed by atoms with van der Waals surface area (Å²) >= 11 is 0. The second-order valence-electron chi connectivity index (χ2n) is 7.44. The van der Waals surface area contributed by atoms with Crippen LogP contribution >= 0.6 is 0 Å². The van der Waals surface area contributed by atoms with Crippen LogP contribution in [-0.2, 0) is 30.1 Å². The monoisotopic (exact) mass is 356 g/mol. The number of amides is 2. The standard InChI is InChI=1S/C18H24N6O2/c1-21-8-4-14(20-21)10-16(25)23-7-3-5-18(13-23)6-9-24(17(18)26)15-11-19-22(2)12-15/h4,8,11-12H,3,5-7,9-10,13H2,1-2H3/t18-/m1/s1. The van der Waals surface area contributed by atoms with Crippen molar-refractivity contribution in [1.82, 2.24) is 24.5 Å². The van der Waals surface area contributed by atoms with Gasteiger partial charge in [-0.05, 0) is 25.3 Å². The van der Waals surface area contributed by atoms with Crippen molar-refractivity contribution in [2.45, 2.75) is 25.7 Å². The highest BCUT2D eigenvalue weighted by atomic mass is 16.2. The Bertz CT molecular complexity index is 840. The molecule has 2 aromatic rings. The van der Waals surface area contributed by atoms with E-state index in [9.17, 15) is 9.59 Å². The zero-order valence-electron chi connectivity index (χ0n) is 15.3. The molecule has 1 atom stereocenters. The zero-order valence-corrected chi connectivity index (χ0v) is 15.3. The van der Waals surface area contributed by atoms with E-state index in [1.165, 1.54) is 0 Å². The van der Waals surface area contributed by atoms with E-state index in [4.69, 9.17) is 0 Å². The van der Waals surface area contributed by atoms with Gasteiger partial charge in [0.15, 0.2) is 0 Å². The van der Waals surface area contributed by atoms with E-state index in [-0.39, 0.29) is 18.2 Å². The average molecular weight is 356 g/mol. The van der Waals surface area contributed by atoms with E-state index in [2.05, 4.69) is 10.2 Å². The molecule has 0 aliphatic carbocycles. The van der Waals surface area contributed by atoms with Crippen molar-refractivity contribution in [2.75, 3.05) is 24.5 Å². The van der Waals surface area contributed by atoms with Gasteiger partial charge in [0.2, 0.25) is 11.8 Å². The van der Waals surface area contributed by atoms with Crippen LogP contribution in [-0.4, -0.2) is 55.9 Å². The first-order valence-electron chi connectivity index (χ1n) is 9.04. The van der Waals surface area contributed by atoms with Crippen LogP contribution < -0.4 is 4.90 Å². The van der Waals surface area contributed by atoms with Crippen LogP contribution in [0.25, 0.3) is 0 Å². The highest BCUT2D eigenvalue weighted by molar-refractivity contribution is 6.00. The van der Waals surface area contributed by atoms with Crippen molar-refractivity contribution in [1.29, 1.82) is 0 Å². The SMILES string of the molecule is Cn1cc(N2CC[C@@]3(CCCN(C(=O)Cc4ccn(C)n4)C3)C2=O)cn1. The summed E-state index contributed by atoms with van der Waals surface area (Å²) < 4.78 is 3.41. The van der Waals surface area contributed by atoms with Gasteiger partial charge in [-0.25, -0.2) is 0 Å². The van der Waals surface area contributed by atoms with Gasteiger partial charge in [0.1, 0.15) is 0 Å². The van der Waals surface area contributed by atoms with Crippen molar-refractivity contribution >= 4 is 17.5 Å². The predicted molar refractivity (Wildman–Crippen MR) is 95.3 cm³/mol. The van der Waals surface area contributed by atoms with E-state index in [1.54, 1.807) is 15.6 Å². The molecule has 2 fully saturated rings. The number of aromatic nitrogens is 4. The first kappa shape index (κ1) is 16.8. The summed E-state index contributed by atoms with van der Waals surface area (Å²) in [5, 5.41) is 8.46. The lowest BCUT2D eigenvalue weighted by Crippen LogP contribution is -2.50. The highest BCUT2D eigenvalue weighted by Gasteiger charge is 2.50. The van der Waals surface area contributed by atoms with Gasteiger partial charge >= 0.3 is 0 Å². The molecule has 26 heavy (non-hydrogen) atoms. The average Bonchev–Trinajstić information content (AvgIpc) is 3.30. The highest BCUT2D eigenvalue weighted by Crippen LogP contribution is 2.41. The third-order valence-electron chi connectivity index (χ3n) is 5.55. The van der Waals surface area contributed by atoms with Gasteiger partial charge in [0.25, 0.3) is 0 Å². The van der Waals surface area contributed by atoms with Crippen molar-refractivity contribution < 1.29 is 9.59 Å². The van der Waals surface area contributed by atoms with Gasteiger partial charge in [0, 0.05) is 46.1 Å². The largest absolute Gasteiger partial charge is 0.341 e. The van der Waals surface area contributed by atoms with Crippen LogP contribution in [0.5, 0.6) is 0 Å². The molecule has 0 unspecified atom stereocenters. The number of nitrogens with zero attached hydrogens (tertiary/aromatic N) is 6. The normalized spacial score (nSPS) is 23.2. The fraction of sp³-hybridized carbons (Fsp3) is 0.556. The molecule has 0 radical (unpaired) electrons. The number of anilines is 1. The third-order valence-corrected chi connectivity index (χ3v) is 5.55. The summed E-state index contributed by atoms with van der Waals surface area (Å²) in [7, 11) is 3.69. The van der Waals surface area contributed by atoms with E-state index < -0.39 is 5.41 Å². The fourth-order valence-corrected chi connectivity index (χ4v) is 4.16. The number of rotatable bonds is 3. The van der Waals surface area contributed by atoms with Crippen LogP contribution in [0.4, 0.5) is 5.69 Å². The lowest BCUT2D eigenvalue weighted by molar-refractivity contribution is -0.138. The number of carbonyl (C=O) groups excluding carboxylic acids is 2. The van der Waals surface area contributed by atoms with Gasteiger partial charge in [-0.2, -0.15) is 10.2 Å². The number of hydrogen-bond donors (Lipinski definition) is 0. The summed E-state index contributed by atoms with van der Waals surface area (Å²) in [6, 6.07) is 1.86. The van der Waals surface area contributed by atoms with Crippen molar-refractivity contribution in [3.8, 4) is 0 Å². The topological polar surface area (TPSA) is 76.3 Å². The van der Waals surface area contributed by atoms with Gasteiger partial charge < -0.3 is 9.80 Å². The van der Waals surface area contributed by atoms with Gasteiger partial charge in [0.05, 0.1) is 29.4 Å². The molecule has 2 amide bonds. The molecule has 8 nitrogen and oxygen atoms in total. The molecule has 2 aromatic heterocycles. The Morgan fingerprint density at radius 3 is 2.77 bits per heavy atom. The maximum atomic E-state index is 13.2. The van der Waals surface area contributed by atoms with Crippen LogP contribution in [0, 0.1) is 5.41 Å². The van der Waals surface area contributed by atoms with E-state index in [0.29, 0.717) is 19.6 Å². The molecule has 8 heteroatoms. The minimum absolute atomic E-state index is 0.0513. The Hall–Kier alpha value is -2.64. The Morgan fingerprint density at radius 2 is 2.08 bits per heavy atom. The maximum Gasteiger partial charge on any atom is 0.235 e. The molecule has 1 spiro atoms. The summed E-state index contributed by atoms with van der Waals surface area (Å²) in [6.45, 7) is 1.91. The second-order valence-corrected chi connectivity index (χ2v) is 7.44. The first-order valence-corrected chi connectivity index (χ1v) is 9.04. The van der Waals surface area contributed by atoms with Gasteiger partial charge in [-0.3, -0.25) is 19.0 Å². The minimum Gasteiger partial charge on any atom is -0.341 e. The summed E-state index contributed by atoms with van der Waals surface area (Å²) in [5.41, 5.74) is 1.16. The molecule has 4 rings (SSSR count). The Balaban J connectivity index is 1.47. The fourth-order valence-electron chi connectivity index (χ4n) is 4.16. The molecule has 0 aromatic carbocycles. The quantitative estimate of drug-likeness (QED) is 0.813. The second kappa shape index (κ2) is 6.26. The molecule has 0 saturated carbocycles. The van der Waals surface area contributed by atoms with Crippen LogP contribution in [0.15, 0.2) is 24.7 Å². The first-order chi connectivity index (χ1) is 12.5. The van der Waals surface area contributed by atoms with Crippen molar-refractivity contribution in [3.05, 3.63) is 30.4 Å². The van der Waals surface area contributed by atoms with Crippen LogP contribution in [0.3, 0.4) is 0 Å². The van der Waals surface area contributed by atoms with Crippen LogP contribution in [0.2, 0.25) is 0 Å². The smallest absolute Gasteiger partial charge is 0.235 e. The van der Waals surface area contributed by atoms with Crippen molar-refractivity contribution in [2.24, 2.45) is 19.5 Å². The molecule has 0 N–H and O–H groups in total. The minimum atomic E-state index is -0.451. The Morgan fingerprint density at radius 1 is 1.23 bits per heavy atom. The maximum absolute atomic E-state index is 13.2. The van der Waals surface area contributed by atoms with E-state index in [1.807, 2.05) is 42.4 Å². The van der Waals surface area contributed by atoms with Gasteiger partial charge in [-0.1, -0.05) is 0 Å².